The largest absolute Gasteiger partial charge is 0.389 e. The molecule has 0 aromatic heterocycles. The molecular weight excluding hydrogens is 372 g/mol. The predicted molar refractivity (Wildman–Crippen MR) is 124 cm³/mol. The first-order valence-corrected chi connectivity index (χ1v) is 12.8. The number of hydrogen-bond donors (Lipinski definition) is 1. The van der Waals surface area contributed by atoms with Gasteiger partial charge in [0.2, 0.25) is 5.91 Å². The van der Waals surface area contributed by atoms with E-state index >= 15 is 0 Å². The maximum atomic E-state index is 12.3. The first kappa shape index (κ1) is 24.0. The van der Waals surface area contributed by atoms with E-state index in [1.165, 1.54) is 51.4 Å². The number of carbonyl (C=O) groups is 1. The topological polar surface area (TPSA) is 43.8 Å². The van der Waals surface area contributed by atoms with Crippen LogP contribution >= 0.6 is 0 Å². The molecule has 4 heteroatoms. The van der Waals surface area contributed by atoms with Crippen molar-refractivity contribution in [3.05, 3.63) is 0 Å². The summed E-state index contributed by atoms with van der Waals surface area (Å²) in [6, 6.07) is 0. The Kier molecular flexibility index (Phi) is 7.93. The summed E-state index contributed by atoms with van der Waals surface area (Å²) in [6.07, 6.45) is 12.0. The van der Waals surface area contributed by atoms with Crippen LogP contribution in [-0.2, 0) is 4.79 Å². The molecule has 3 rings (SSSR count). The van der Waals surface area contributed by atoms with Crippen LogP contribution in [0.15, 0.2) is 0 Å². The maximum absolute atomic E-state index is 12.3. The summed E-state index contributed by atoms with van der Waals surface area (Å²) in [5, 5.41) is 11.1. The van der Waals surface area contributed by atoms with Crippen molar-refractivity contribution in [3.8, 4) is 0 Å². The maximum Gasteiger partial charge on any atom is 0.225 e. The molecule has 0 radical (unpaired) electrons. The summed E-state index contributed by atoms with van der Waals surface area (Å²) in [5.74, 6) is 2.78. The Morgan fingerprint density at radius 1 is 0.967 bits per heavy atom. The van der Waals surface area contributed by atoms with Crippen LogP contribution in [0.25, 0.3) is 0 Å². The summed E-state index contributed by atoms with van der Waals surface area (Å²) in [7, 11) is 2.22. The van der Waals surface area contributed by atoms with Crippen molar-refractivity contribution in [2.24, 2.45) is 29.1 Å². The fourth-order valence-corrected chi connectivity index (χ4v) is 6.55. The van der Waals surface area contributed by atoms with Gasteiger partial charge in [0, 0.05) is 32.1 Å². The van der Waals surface area contributed by atoms with Crippen molar-refractivity contribution in [2.75, 3.05) is 33.2 Å². The van der Waals surface area contributed by atoms with E-state index in [-0.39, 0.29) is 5.92 Å². The van der Waals surface area contributed by atoms with Gasteiger partial charge in [-0.05, 0) is 94.4 Å². The van der Waals surface area contributed by atoms with Gasteiger partial charge in [-0.3, -0.25) is 4.79 Å². The highest BCUT2D eigenvalue weighted by molar-refractivity contribution is 5.78. The van der Waals surface area contributed by atoms with Crippen molar-refractivity contribution in [1.82, 2.24) is 9.80 Å². The van der Waals surface area contributed by atoms with Crippen molar-refractivity contribution in [2.45, 2.75) is 97.5 Å². The molecule has 0 atom stereocenters. The number of likely N-dealkylation sites (tertiary alicyclic amines) is 1. The van der Waals surface area contributed by atoms with Crippen LogP contribution in [0.1, 0.15) is 91.9 Å². The van der Waals surface area contributed by atoms with Crippen LogP contribution in [0.4, 0.5) is 0 Å². The molecule has 1 heterocycles. The Labute approximate surface area is 185 Å². The summed E-state index contributed by atoms with van der Waals surface area (Å²) in [5.41, 5.74) is 0.0298. The Hall–Kier alpha value is -0.610. The third kappa shape index (κ3) is 6.00. The van der Waals surface area contributed by atoms with Crippen LogP contribution < -0.4 is 0 Å². The molecular formula is C26H48N2O2. The number of rotatable bonds is 6. The molecule has 30 heavy (non-hydrogen) atoms. The molecule has 1 aliphatic heterocycles. The summed E-state index contributed by atoms with van der Waals surface area (Å²) in [6.45, 7) is 12.6. The van der Waals surface area contributed by atoms with Crippen molar-refractivity contribution < 1.29 is 9.90 Å². The van der Waals surface area contributed by atoms with Crippen LogP contribution in [-0.4, -0.2) is 59.6 Å². The van der Waals surface area contributed by atoms with Crippen molar-refractivity contribution in [3.63, 3.8) is 0 Å². The number of piperidine rings is 1. The minimum Gasteiger partial charge on any atom is -0.389 e. The highest BCUT2D eigenvalue weighted by Crippen LogP contribution is 2.46. The van der Waals surface area contributed by atoms with E-state index in [4.69, 9.17) is 0 Å². The van der Waals surface area contributed by atoms with Gasteiger partial charge in [-0.1, -0.05) is 27.7 Å². The molecule has 2 aliphatic carbocycles. The summed E-state index contributed by atoms with van der Waals surface area (Å²) < 4.78 is 0. The lowest BCUT2D eigenvalue weighted by molar-refractivity contribution is -0.137. The van der Waals surface area contributed by atoms with E-state index in [9.17, 15) is 9.90 Å². The van der Waals surface area contributed by atoms with Crippen LogP contribution in [0.5, 0.6) is 0 Å². The lowest BCUT2D eigenvalue weighted by atomic mass is 9.65. The van der Waals surface area contributed by atoms with Gasteiger partial charge in [0.15, 0.2) is 0 Å². The number of amides is 1. The second kappa shape index (κ2) is 9.90. The SMILES string of the molecule is CC(C)C(=O)N1CCC2(CCC(CN(C)CC3(O)CCC(C(C)C)CC3)CC2)CC1. The van der Waals surface area contributed by atoms with E-state index < -0.39 is 5.60 Å². The summed E-state index contributed by atoms with van der Waals surface area (Å²) >= 11 is 0. The second-order valence-electron chi connectivity index (χ2n) is 11.9. The molecule has 0 unspecified atom stereocenters. The first-order chi connectivity index (χ1) is 14.1. The van der Waals surface area contributed by atoms with E-state index in [1.807, 2.05) is 13.8 Å². The third-order valence-corrected chi connectivity index (χ3v) is 8.83. The number of likely N-dealkylation sites (N-methyl/N-ethyl adjacent to an activating group) is 1. The highest BCUT2D eigenvalue weighted by atomic mass is 16.3. The minimum absolute atomic E-state index is 0.126. The number of aliphatic hydroxyl groups is 1. The molecule has 0 aromatic rings. The summed E-state index contributed by atoms with van der Waals surface area (Å²) in [4.78, 5) is 16.8. The quantitative estimate of drug-likeness (QED) is 0.661. The van der Waals surface area contributed by atoms with Gasteiger partial charge in [-0.2, -0.15) is 0 Å². The average molecular weight is 421 g/mol. The van der Waals surface area contributed by atoms with Crippen LogP contribution in [0, 0.1) is 29.1 Å². The normalized spacial score (nSPS) is 30.6. The zero-order chi connectivity index (χ0) is 21.9. The first-order valence-electron chi connectivity index (χ1n) is 12.8. The van der Waals surface area contributed by atoms with Crippen molar-refractivity contribution in [1.29, 1.82) is 0 Å². The average Bonchev–Trinajstić information content (AvgIpc) is 2.70. The number of nitrogens with zero attached hydrogens (tertiary/aromatic N) is 2. The molecule has 0 bridgehead atoms. The van der Waals surface area contributed by atoms with E-state index in [0.717, 1.165) is 56.8 Å². The lowest BCUT2D eigenvalue weighted by Crippen LogP contribution is -2.47. The monoisotopic (exact) mass is 420 g/mol. The van der Waals surface area contributed by atoms with Gasteiger partial charge >= 0.3 is 0 Å². The molecule has 174 valence electrons. The number of carbonyl (C=O) groups excluding carboxylic acids is 1. The lowest BCUT2D eigenvalue weighted by Gasteiger charge is -2.47. The van der Waals surface area contributed by atoms with Crippen LogP contribution in [0.2, 0.25) is 0 Å². The Morgan fingerprint density at radius 2 is 1.53 bits per heavy atom. The highest BCUT2D eigenvalue weighted by Gasteiger charge is 2.40. The van der Waals surface area contributed by atoms with Crippen molar-refractivity contribution >= 4 is 5.91 Å². The molecule has 1 N–H and O–H groups in total. The zero-order valence-electron chi connectivity index (χ0n) is 20.5. The molecule has 1 saturated heterocycles. The Balaban J connectivity index is 1.39. The van der Waals surface area contributed by atoms with Crippen LogP contribution in [0.3, 0.4) is 0 Å². The minimum atomic E-state index is -0.466. The molecule has 1 spiro atoms. The van der Waals surface area contributed by atoms with Gasteiger partial charge in [-0.15, -0.1) is 0 Å². The van der Waals surface area contributed by atoms with Gasteiger partial charge < -0.3 is 14.9 Å². The third-order valence-electron chi connectivity index (χ3n) is 8.83. The van der Waals surface area contributed by atoms with Gasteiger partial charge in [0.1, 0.15) is 0 Å². The fourth-order valence-electron chi connectivity index (χ4n) is 6.55. The standard InChI is InChI=1S/C26H48N2O2/c1-20(2)23-8-12-26(30,13-9-23)19-27(5)18-22-6-10-25(11-7-22)14-16-28(17-15-25)24(29)21(3)4/h20-23,30H,6-19H2,1-5H3. The molecule has 1 amide bonds. The fraction of sp³-hybridized carbons (Fsp3) is 0.962. The second-order valence-corrected chi connectivity index (χ2v) is 11.9. The van der Waals surface area contributed by atoms with Gasteiger partial charge in [-0.25, -0.2) is 0 Å². The van der Waals surface area contributed by atoms with E-state index in [0.29, 0.717) is 11.3 Å². The van der Waals surface area contributed by atoms with E-state index in [2.05, 4.69) is 30.7 Å². The Morgan fingerprint density at radius 3 is 2.03 bits per heavy atom. The van der Waals surface area contributed by atoms with Gasteiger partial charge in [0.05, 0.1) is 5.60 Å². The number of hydrogen-bond acceptors (Lipinski definition) is 3. The molecule has 3 fully saturated rings. The molecule has 4 nitrogen and oxygen atoms in total. The molecule has 2 saturated carbocycles. The smallest absolute Gasteiger partial charge is 0.225 e. The Bertz CT molecular complexity index is 547. The predicted octanol–water partition coefficient (Wildman–Crippen LogP) is 4.95. The zero-order valence-corrected chi connectivity index (χ0v) is 20.5. The molecule has 3 aliphatic rings. The van der Waals surface area contributed by atoms with Gasteiger partial charge in [0.25, 0.3) is 0 Å². The molecule has 0 aromatic carbocycles. The van der Waals surface area contributed by atoms with E-state index in [1.54, 1.807) is 0 Å².